The summed E-state index contributed by atoms with van der Waals surface area (Å²) in [5, 5.41) is 10.7. The molecule has 0 spiro atoms. The molecule has 2 N–H and O–H groups in total. The van der Waals surface area contributed by atoms with Crippen molar-refractivity contribution >= 4 is 16.3 Å². The Balaban J connectivity index is 2.71. The lowest BCUT2D eigenvalue weighted by Crippen LogP contribution is -1.95. The van der Waals surface area contributed by atoms with Crippen LogP contribution in [0.3, 0.4) is 0 Å². The van der Waals surface area contributed by atoms with Gasteiger partial charge in [0.1, 0.15) is 6.20 Å². The minimum Gasteiger partial charge on any atom is -0.330 e. The van der Waals surface area contributed by atoms with Crippen LogP contribution in [0, 0.1) is 22.0 Å². The van der Waals surface area contributed by atoms with Gasteiger partial charge in [-0.2, -0.15) is 0 Å². The normalized spacial score (nSPS) is 9.00. The van der Waals surface area contributed by atoms with Gasteiger partial charge in [-0.15, -0.1) is 0 Å². The molecule has 0 atom stereocenters. The largest absolute Gasteiger partial charge is 0.344 e. The van der Waals surface area contributed by atoms with E-state index in [0.29, 0.717) is 18.0 Å². The molecule has 0 aromatic carbocycles. The van der Waals surface area contributed by atoms with E-state index in [4.69, 9.17) is 5.73 Å². The number of nitrogens with zero attached hydrogens (tertiary/aromatic N) is 2. The van der Waals surface area contributed by atoms with Crippen LogP contribution >= 0.6 is 11.3 Å². The van der Waals surface area contributed by atoms with Gasteiger partial charge in [-0.25, -0.2) is 4.98 Å². The summed E-state index contributed by atoms with van der Waals surface area (Å²) in [6.45, 7) is 0.487. The number of rotatable bonds is 2. The highest BCUT2D eigenvalue weighted by molar-refractivity contribution is 7.15. The Kier molecular flexibility index (Phi) is 3.37. The standard InChI is InChI=1S/C7H7N3O2S/c8-4-2-1-3-6-9-5-7(13-6)10(11)12/h5H,2,4,8H2. The van der Waals surface area contributed by atoms with Crippen LogP contribution in [0.25, 0.3) is 0 Å². The van der Waals surface area contributed by atoms with Crippen LogP contribution in [0.4, 0.5) is 5.00 Å². The van der Waals surface area contributed by atoms with E-state index in [2.05, 4.69) is 16.8 Å². The lowest BCUT2D eigenvalue weighted by Gasteiger charge is -1.78. The van der Waals surface area contributed by atoms with E-state index >= 15 is 0 Å². The first kappa shape index (κ1) is 9.64. The summed E-state index contributed by atoms with van der Waals surface area (Å²) in [5.41, 5.74) is 5.22. The zero-order valence-corrected chi connectivity index (χ0v) is 7.50. The Morgan fingerprint density at radius 1 is 1.77 bits per heavy atom. The summed E-state index contributed by atoms with van der Waals surface area (Å²) >= 11 is 0.967. The average molecular weight is 197 g/mol. The first-order valence-electron chi connectivity index (χ1n) is 3.53. The molecule has 6 heteroatoms. The minimum absolute atomic E-state index is 0.0112. The summed E-state index contributed by atoms with van der Waals surface area (Å²) in [7, 11) is 0. The van der Waals surface area contributed by atoms with Crippen LogP contribution < -0.4 is 5.73 Å². The Morgan fingerprint density at radius 3 is 3.08 bits per heavy atom. The van der Waals surface area contributed by atoms with Crippen LogP contribution in [-0.2, 0) is 0 Å². The van der Waals surface area contributed by atoms with Gasteiger partial charge < -0.3 is 5.73 Å². The van der Waals surface area contributed by atoms with E-state index in [-0.39, 0.29) is 5.00 Å². The van der Waals surface area contributed by atoms with Crippen molar-refractivity contribution < 1.29 is 4.92 Å². The first-order chi connectivity index (χ1) is 6.24. The maximum Gasteiger partial charge on any atom is 0.344 e. The van der Waals surface area contributed by atoms with Crippen molar-refractivity contribution in [2.75, 3.05) is 6.54 Å². The van der Waals surface area contributed by atoms with Crippen molar-refractivity contribution in [2.24, 2.45) is 5.73 Å². The maximum atomic E-state index is 10.3. The molecule has 0 saturated carbocycles. The molecule has 0 saturated heterocycles. The molecule has 0 aliphatic heterocycles. The molecule has 68 valence electrons. The fraction of sp³-hybridized carbons (Fsp3) is 0.286. The van der Waals surface area contributed by atoms with Gasteiger partial charge in [0.05, 0.1) is 4.92 Å². The Morgan fingerprint density at radius 2 is 2.54 bits per heavy atom. The summed E-state index contributed by atoms with van der Waals surface area (Å²) in [5.74, 6) is 5.45. The van der Waals surface area contributed by atoms with Gasteiger partial charge in [0.2, 0.25) is 0 Å². The third-order valence-corrected chi connectivity index (χ3v) is 2.00. The second-order valence-electron chi connectivity index (χ2n) is 2.10. The van der Waals surface area contributed by atoms with Crippen LogP contribution in [0.5, 0.6) is 0 Å². The predicted octanol–water partition coefficient (Wildman–Crippen LogP) is 0.752. The lowest BCUT2D eigenvalue weighted by molar-refractivity contribution is -0.380. The molecule has 1 aromatic rings. The number of hydrogen-bond acceptors (Lipinski definition) is 5. The average Bonchev–Trinajstić information content (AvgIpc) is 2.53. The molecule has 0 unspecified atom stereocenters. The number of nitrogens with two attached hydrogens (primary N) is 1. The quantitative estimate of drug-likeness (QED) is 0.431. The van der Waals surface area contributed by atoms with Gasteiger partial charge in [-0.1, -0.05) is 5.92 Å². The second kappa shape index (κ2) is 4.54. The van der Waals surface area contributed by atoms with E-state index in [9.17, 15) is 10.1 Å². The zero-order chi connectivity index (χ0) is 9.68. The molecule has 0 radical (unpaired) electrons. The van der Waals surface area contributed by atoms with Gasteiger partial charge >= 0.3 is 5.00 Å². The van der Waals surface area contributed by atoms with Gasteiger partial charge in [-0.05, 0) is 17.3 Å². The Bertz CT molecular complexity index is 363. The summed E-state index contributed by atoms with van der Waals surface area (Å²) in [6.07, 6.45) is 1.78. The second-order valence-corrected chi connectivity index (χ2v) is 3.11. The van der Waals surface area contributed by atoms with E-state index in [1.807, 2.05) is 0 Å². The highest BCUT2D eigenvalue weighted by Gasteiger charge is 2.09. The van der Waals surface area contributed by atoms with Gasteiger partial charge in [-0.3, -0.25) is 10.1 Å². The summed E-state index contributed by atoms with van der Waals surface area (Å²) in [6, 6.07) is 0. The van der Waals surface area contributed by atoms with Crippen molar-refractivity contribution in [3.63, 3.8) is 0 Å². The smallest absolute Gasteiger partial charge is 0.330 e. The molecule has 0 amide bonds. The number of aromatic nitrogens is 1. The lowest BCUT2D eigenvalue weighted by atomic mass is 10.4. The van der Waals surface area contributed by atoms with E-state index in [1.165, 1.54) is 6.20 Å². The molecule has 0 fully saturated rings. The van der Waals surface area contributed by atoms with E-state index in [0.717, 1.165) is 11.3 Å². The Hall–Kier alpha value is -1.45. The molecular formula is C7H7N3O2S. The van der Waals surface area contributed by atoms with Gasteiger partial charge in [0, 0.05) is 13.0 Å². The van der Waals surface area contributed by atoms with Crippen molar-refractivity contribution in [3.05, 3.63) is 21.3 Å². The number of hydrogen-bond donors (Lipinski definition) is 1. The van der Waals surface area contributed by atoms with Crippen LogP contribution in [0.1, 0.15) is 11.4 Å². The van der Waals surface area contributed by atoms with Crippen molar-refractivity contribution in [1.29, 1.82) is 0 Å². The van der Waals surface area contributed by atoms with E-state index < -0.39 is 4.92 Å². The number of nitro groups is 1. The Labute approximate surface area is 78.7 Å². The fourth-order valence-corrected chi connectivity index (χ4v) is 1.22. The van der Waals surface area contributed by atoms with Crippen LogP contribution in [-0.4, -0.2) is 16.5 Å². The van der Waals surface area contributed by atoms with Crippen LogP contribution in [0.15, 0.2) is 6.20 Å². The minimum atomic E-state index is -0.480. The molecule has 1 rings (SSSR count). The molecule has 13 heavy (non-hydrogen) atoms. The molecule has 1 heterocycles. The topological polar surface area (TPSA) is 82.0 Å². The highest BCUT2D eigenvalue weighted by atomic mass is 32.1. The predicted molar refractivity (Wildman–Crippen MR) is 49.3 cm³/mol. The van der Waals surface area contributed by atoms with Crippen molar-refractivity contribution in [2.45, 2.75) is 6.42 Å². The zero-order valence-electron chi connectivity index (χ0n) is 6.69. The maximum absolute atomic E-state index is 10.3. The third kappa shape index (κ3) is 2.82. The van der Waals surface area contributed by atoms with E-state index in [1.54, 1.807) is 0 Å². The summed E-state index contributed by atoms with van der Waals surface area (Å²) in [4.78, 5) is 13.5. The van der Waals surface area contributed by atoms with Gasteiger partial charge in [0.15, 0.2) is 5.01 Å². The molecule has 5 nitrogen and oxygen atoms in total. The first-order valence-corrected chi connectivity index (χ1v) is 4.35. The molecule has 0 aliphatic carbocycles. The van der Waals surface area contributed by atoms with Gasteiger partial charge in [0.25, 0.3) is 0 Å². The monoisotopic (exact) mass is 197 g/mol. The molecular weight excluding hydrogens is 190 g/mol. The number of thiazole rings is 1. The third-order valence-electron chi connectivity index (χ3n) is 1.14. The SMILES string of the molecule is NCCC#Cc1ncc([N+](=O)[O-])s1. The summed E-state index contributed by atoms with van der Waals surface area (Å²) < 4.78 is 0. The molecule has 1 aromatic heterocycles. The van der Waals surface area contributed by atoms with Crippen molar-refractivity contribution in [3.8, 4) is 11.8 Å². The van der Waals surface area contributed by atoms with Crippen molar-refractivity contribution in [1.82, 2.24) is 4.98 Å². The van der Waals surface area contributed by atoms with Crippen LogP contribution in [0.2, 0.25) is 0 Å². The molecule has 0 aliphatic rings. The molecule has 0 bridgehead atoms. The fourth-order valence-electron chi connectivity index (χ4n) is 0.618. The highest BCUT2D eigenvalue weighted by Crippen LogP contribution is 2.19.